The highest BCUT2D eigenvalue weighted by Crippen LogP contribution is 2.46. The smallest absolute Gasteiger partial charge is 0.122 e. The molecule has 0 aromatic heterocycles. The van der Waals surface area contributed by atoms with Crippen LogP contribution in [0.3, 0.4) is 0 Å². The molecule has 0 amide bonds. The minimum Gasteiger partial charge on any atom is -0.391 e. The van der Waals surface area contributed by atoms with Crippen molar-refractivity contribution in [2.24, 2.45) is 23.7 Å². The summed E-state index contributed by atoms with van der Waals surface area (Å²) in [5.74, 6) is 2.32. The second kappa shape index (κ2) is 7.61. The standard InChI is InChI=1S/C18H30ClFOS/c19-17-16(21)10-9-15(18(17)20)13-3-1-11(2-4-13)12-5-7-14(22)8-6-12/h11-18,21-22H,1-10H2. The quantitative estimate of drug-likeness (QED) is 0.531. The summed E-state index contributed by atoms with van der Waals surface area (Å²) in [4.78, 5) is 0. The molecule has 4 unspecified atom stereocenters. The molecular weight excluding hydrogens is 319 g/mol. The molecule has 1 nitrogen and oxygen atoms in total. The van der Waals surface area contributed by atoms with Crippen LogP contribution < -0.4 is 0 Å². The molecule has 3 aliphatic carbocycles. The molecule has 3 fully saturated rings. The van der Waals surface area contributed by atoms with Gasteiger partial charge in [-0.2, -0.15) is 12.6 Å². The number of alkyl halides is 2. The minimum absolute atomic E-state index is 0.0834. The van der Waals surface area contributed by atoms with Crippen LogP contribution >= 0.6 is 24.2 Å². The lowest BCUT2D eigenvalue weighted by Gasteiger charge is -2.42. The van der Waals surface area contributed by atoms with E-state index in [2.05, 4.69) is 12.6 Å². The van der Waals surface area contributed by atoms with Crippen molar-refractivity contribution in [3.05, 3.63) is 0 Å². The number of aliphatic hydroxyl groups is 1. The highest BCUT2D eigenvalue weighted by atomic mass is 35.5. The molecule has 0 saturated heterocycles. The molecule has 0 heterocycles. The maximum Gasteiger partial charge on any atom is 0.122 e. The van der Waals surface area contributed by atoms with E-state index in [0.717, 1.165) is 31.1 Å². The Balaban J connectivity index is 1.49. The van der Waals surface area contributed by atoms with Gasteiger partial charge in [-0.3, -0.25) is 0 Å². The molecular formula is C18H30ClFOS. The van der Waals surface area contributed by atoms with Gasteiger partial charge in [-0.15, -0.1) is 11.6 Å². The van der Waals surface area contributed by atoms with Gasteiger partial charge in [0, 0.05) is 5.25 Å². The zero-order chi connectivity index (χ0) is 15.7. The molecule has 4 heteroatoms. The van der Waals surface area contributed by atoms with Crippen molar-refractivity contribution in [1.29, 1.82) is 0 Å². The van der Waals surface area contributed by atoms with E-state index in [4.69, 9.17) is 11.6 Å². The predicted octanol–water partition coefficient (Wildman–Crippen LogP) is 5.00. The first-order valence-electron chi connectivity index (χ1n) is 9.20. The van der Waals surface area contributed by atoms with Crippen LogP contribution in [0.1, 0.15) is 64.2 Å². The molecule has 0 aromatic carbocycles. The average molecular weight is 349 g/mol. The summed E-state index contributed by atoms with van der Waals surface area (Å²) in [6.45, 7) is 0. The van der Waals surface area contributed by atoms with Crippen molar-refractivity contribution < 1.29 is 9.50 Å². The van der Waals surface area contributed by atoms with Gasteiger partial charge in [0.05, 0.1) is 11.5 Å². The van der Waals surface area contributed by atoms with E-state index in [1.165, 1.54) is 38.5 Å². The second-order valence-electron chi connectivity index (χ2n) is 7.94. The highest BCUT2D eigenvalue weighted by molar-refractivity contribution is 7.80. The molecule has 0 bridgehead atoms. The molecule has 0 aliphatic heterocycles. The predicted molar refractivity (Wildman–Crippen MR) is 93.4 cm³/mol. The van der Waals surface area contributed by atoms with Crippen molar-refractivity contribution >= 4 is 24.2 Å². The molecule has 0 aromatic rings. The number of thiol groups is 1. The molecule has 128 valence electrons. The zero-order valence-electron chi connectivity index (χ0n) is 13.3. The van der Waals surface area contributed by atoms with Crippen molar-refractivity contribution in [3.63, 3.8) is 0 Å². The van der Waals surface area contributed by atoms with Gasteiger partial charge < -0.3 is 5.11 Å². The normalized spacial score (nSPS) is 50.7. The van der Waals surface area contributed by atoms with Crippen molar-refractivity contribution in [3.8, 4) is 0 Å². The lowest BCUT2D eigenvalue weighted by molar-refractivity contribution is 0.0145. The van der Waals surface area contributed by atoms with Crippen LogP contribution in [0.2, 0.25) is 0 Å². The topological polar surface area (TPSA) is 20.2 Å². The van der Waals surface area contributed by atoms with E-state index in [1.54, 1.807) is 0 Å². The fraction of sp³-hybridized carbons (Fsp3) is 1.00. The van der Waals surface area contributed by atoms with Gasteiger partial charge in [0.15, 0.2) is 0 Å². The molecule has 0 spiro atoms. The SMILES string of the molecule is OC1CCC(C2CCC(C3CCC(S)CC3)CC2)C(F)C1Cl. The summed E-state index contributed by atoms with van der Waals surface area (Å²) in [6.07, 6.45) is 9.90. The van der Waals surface area contributed by atoms with E-state index in [1.807, 2.05) is 0 Å². The summed E-state index contributed by atoms with van der Waals surface area (Å²) >= 11 is 10.7. The first-order valence-corrected chi connectivity index (χ1v) is 10.2. The summed E-state index contributed by atoms with van der Waals surface area (Å²) < 4.78 is 14.5. The maximum atomic E-state index is 14.5. The van der Waals surface area contributed by atoms with Crippen molar-refractivity contribution in [1.82, 2.24) is 0 Å². The van der Waals surface area contributed by atoms with Crippen LogP contribution in [-0.2, 0) is 0 Å². The fourth-order valence-corrected chi connectivity index (χ4v) is 5.85. The third kappa shape index (κ3) is 3.78. The van der Waals surface area contributed by atoms with Crippen LogP contribution in [0, 0.1) is 23.7 Å². The summed E-state index contributed by atoms with van der Waals surface area (Å²) in [7, 11) is 0. The Morgan fingerprint density at radius 3 is 1.86 bits per heavy atom. The Hall–Kier alpha value is 0.530. The Labute approximate surface area is 144 Å². The monoisotopic (exact) mass is 348 g/mol. The van der Waals surface area contributed by atoms with Crippen LogP contribution in [0.15, 0.2) is 0 Å². The third-order valence-electron chi connectivity index (χ3n) is 6.71. The van der Waals surface area contributed by atoms with Crippen molar-refractivity contribution in [2.75, 3.05) is 0 Å². The highest BCUT2D eigenvalue weighted by Gasteiger charge is 2.43. The Morgan fingerprint density at radius 1 is 0.773 bits per heavy atom. The van der Waals surface area contributed by atoms with Gasteiger partial charge in [-0.1, -0.05) is 0 Å². The van der Waals surface area contributed by atoms with E-state index >= 15 is 0 Å². The van der Waals surface area contributed by atoms with Gasteiger partial charge in [0.2, 0.25) is 0 Å². The van der Waals surface area contributed by atoms with Crippen molar-refractivity contribution in [2.45, 2.75) is 87.1 Å². The summed E-state index contributed by atoms with van der Waals surface area (Å²) in [6, 6.07) is 0. The number of hydrogen-bond donors (Lipinski definition) is 2. The van der Waals surface area contributed by atoms with E-state index in [9.17, 15) is 9.50 Å². The number of rotatable bonds is 2. The van der Waals surface area contributed by atoms with Gasteiger partial charge in [-0.25, -0.2) is 4.39 Å². The van der Waals surface area contributed by atoms with Crippen LogP contribution in [0.25, 0.3) is 0 Å². The first-order chi connectivity index (χ1) is 10.6. The number of aliphatic hydroxyl groups excluding tert-OH is 1. The maximum absolute atomic E-state index is 14.5. The Kier molecular flexibility index (Phi) is 6.00. The second-order valence-corrected chi connectivity index (χ2v) is 9.18. The summed E-state index contributed by atoms with van der Waals surface area (Å²) in [5, 5.41) is 9.65. The molecule has 3 aliphatic rings. The first kappa shape index (κ1) is 17.4. The van der Waals surface area contributed by atoms with Gasteiger partial charge in [0.25, 0.3) is 0 Å². The molecule has 1 N–H and O–H groups in total. The Morgan fingerprint density at radius 2 is 1.27 bits per heavy atom. The van der Waals surface area contributed by atoms with Gasteiger partial charge >= 0.3 is 0 Å². The third-order valence-corrected chi connectivity index (χ3v) is 7.75. The molecule has 4 atom stereocenters. The lowest BCUT2D eigenvalue weighted by atomic mass is 9.66. The van der Waals surface area contributed by atoms with E-state index in [-0.39, 0.29) is 5.92 Å². The summed E-state index contributed by atoms with van der Waals surface area (Å²) in [5.41, 5.74) is 0. The zero-order valence-corrected chi connectivity index (χ0v) is 15.0. The van der Waals surface area contributed by atoms with Crippen LogP contribution in [0.4, 0.5) is 4.39 Å². The lowest BCUT2D eigenvalue weighted by Crippen LogP contribution is -2.44. The minimum atomic E-state index is -1.02. The van der Waals surface area contributed by atoms with E-state index < -0.39 is 17.7 Å². The molecule has 3 saturated carbocycles. The fourth-order valence-electron chi connectivity index (χ4n) is 5.24. The van der Waals surface area contributed by atoms with Gasteiger partial charge in [0.1, 0.15) is 6.17 Å². The van der Waals surface area contributed by atoms with Crippen LogP contribution in [-0.4, -0.2) is 28.0 Å². The molecule has 3 rings (SSSR count). The number of hydrogen-bond acceptors (Lipinski definition) is 2. The van der Waals surface area contributed by atoms with Crippen LogP contribution in [0.5, 0.6) is 0 Å². The van der Waals surface area contributed by atoms with Gasteiger partial charge in [-0.05, 0) is 87.9 Å². The Bertz CT molecular complexity index is 353. The molecule has 0 radical (unpaired) electrons. The largest absolute Gasteiger partial charge is 0.391 e. The average Bonchev–Trinajstić information content (AvgIpc) is 2.54. The van der Waals surface area contributed by atoms with E-state index in [0.29, 0.717) is 17.6 Å². The number of halogens is 2. The molecule has 22 heavy (non-hydrogen) atoms.